The summed E-state index contributed by atoms with van der Waals surface area (Å²) in [5.74, 6) is -3.46. The van der Waals surface area contributed by atoms with Gasteiger partial charge in [0.2, 0.25) is 0 Å². The molecule has 0 saturated heterocycles. The molecular weight excluding hydrogens is 293 g/mol. The van der Waals surface area contributed by atoms with E-state index in [0.717, 1.165) is 30.3 Å². The predicted octanol–water partition coefficient (Wildman–Crippen LogP) is 2.49. The summed E-state index contributed by atoms with van der Waals surface area (Å²) in [6, 6.07) is 5.83. The summed E-state index contributed by atoms with van der Waals surface area (Å²) in [5, 5.41) is 0. The van der Waals surface area contributed by atoms with E-state index < -0.39 is 38.1 Å². The van der Waals surface area contributed by atoms with Crippen LogP contribution in [0.1, 0.15) is 0 Å². The molecule has 106 valence electrons. The van der Waals surface area contributed by atoms with Crippen molar-refractivity contribution < 1.29 is 21.6 Å². The molecule has 0 radical (unpaired) electrons. The molecule has 0 fully saturated rings. The molecule has 20 heavy (non-hydrogen) atoms. The molecule has 0 amide bonds. The Morgan fingerprint density at radius 2 is 1.70 bits per heavy atom. The highest BCUT2D eigenvalue weighted by atomic mass is 32.2. The fourth-order valence-corrected chi connectivity index (χ4v) is 2.53. The van der Waals surface area contributed by atoms with E-state index in [2.05, 4.69) is 0 Å². The van der Waals surface area contributed by atoms with Crippen LogP contribution in [0.3, 0.4) is 0 Å². The van der Waals surface area contributed by atoms with Gasteiger partial charge >= 0.3 is 0 Å². The fraction of sp³-hybridized carbons (Fsp3) is 0. The van der Waals surface area contributed by atoms with Gasteiger partial charge in [-0.3, -0.25) is 4.72 Å². The Hall–Kier alpha value is -2.22. The van der Waals surface area contributed by atoms with E-state index in [0.29, 0.717) is 6.07 Å². The first-order chi connectivity index (χ1) is 9.31. The highest BCUT2D eigenvalue weighted by Crippen LogP contribution is 2.22. The van der Waals surface area contributed by atoms with Crippen LogP contribution in [0.15, 0.2) is 41.3 Å². The molecule has 0 aliphatic heterocycles. The van der Waals surface area contributed by atoms with Crippen molar-refractivity contribution in [2.24, 2.45) is 0 Å². The van der Waals surface area contributed by atoms with Crippen molar-refractivity contribution in [3.8, 4) is 0 Å². The first kappa shape index (κ1) is 14.2. The van der Waals surface area contributed by atoms with Crippen LogP contribution in [0.4, 0.5) is 24.5 Å². The first-order valence-electron chi connectivity index (χ1n) is 5.33. The molecular formula is C12H9F3N2O2S. The van der Waals surface area contributed by atoms with Crippen LogP contribution >= 0.6 is 0 Å². The van der Waals surface area contributed by atoms with Crippen molar-refractivity contribution in [2.75, 3.05) is 10.5 Å². The summed E-state index contributed by atoms with van der Waals surface area (Å²) in [6.45, 7) is 0. The number of rotatable bonds is 3. The molecule has 0 unspecified atom stereocenters. The highest BCUT2D eigenvalue weighted by molar-refractivity contribution is 7.92. The van der Waals surface area contributed by atoms with Crippen LogP contribution in [0, 0.1) is 17.5 Å². The number of anilines is 2. The minimum Gasteiger partial charge on any atom is -0.396 e. The Morgan fingerprint density at radius 3 is 2.35 bits per heavy atom. The number of nitrogens with two attached hydrogens (primary N) is 1. The van der Waals surface area contributed by atoms with Crippen LogP contribution in [0.25, 0.3) is 0 Å². The van der Waals surface area contributed by atoms with Gasteiger partial charge in [-0.1, -0.05) is 6.07 Å². The molecule has 8 heteroatoms. The maximum absolute atomic E-state index is 13.4. The molecule has 2 aromatic rings. The van der Waals surface area contributed by atoms with Gasteiger partial charge in [0.05, 0.1) is 16.3 Å². The van der Waals surface area contributed by atoms with Gasteiger partial charge in [-0.2, -0.15) is 0 Å². The van der Waals surface area contributed by atoms with Crippen molar-refractivity contribution in [2.45, 2.75) is 4.90 Å². The van der Waals surface area contributed by atoms with Gasteiger partial charge < -0.3 is 5.73 Å². The van der Waals surface area contributed by atoms with Crippen LogP contribution in [-0.4, -0.2) is 8.42 Å². The summed E-state index contributed by atoms with van der Waals surface area (Å²) in [6.07, 6.45) is 0. The third-order valence-electron chi connectivity index (χ3n) is 2.48. The van der Waals surface area contributed by atoms with E-state index in [-0.39, 0.29) is 5.69 Å². The molecule has 0 spiro atoms. The zero-order valence-electron chi connectivity index (χ0n) is 9.90. The smallest absolute Gasteiger partial charge is 0.262 e. The quantitative estimate of drug-likeness (QED) is 0.856. The third kappa shape index (κ3) is 2.69. The minimum atomic E-state index is -4.24. The fourth-order valence-electron chi connectivity index (χ4n) is 1.46. The molecule has 0 bridgehead atoms. The van der Waals surface area contributed by atoms with Gasteiger partial charge in [0, 0.05) is 0 Å². The van der Waals surface area contributed by atoms with Crippen LogP contribution < -0.4 is 10.5 Å². The van der Waals surface area contributed by atoms with Gasteiger partial charge in [0.15, 0.2) is 11.6 Å². The topological polar surface area (TPSA) is 72.2 Å². The van der Waals surface area contributed by atoms with E-state index in [4.69, 9.17) is 5.73 Å². The molecule has 4 nitrogen and oxygen atoms in total. The van der Waals surface area contributed by atoms with E-state index in [1.165, 1.54) is 0 Å². The highest BCUT2D eigenvalue weighted by Gasteiger charge is 2.19. The number of sulfonamides is 1. The Bertz CT molecular complexity index is 763. The predicted molar refractivity (Wildman–Crippen MR) is 68.0 cm³/mol. The Labute approximate surface area is 113 Å². The minimum absolute atomic E-state index is 0.221. The Morgan fingerprint density at radius 1 is 1.00 bits per heavy atom. The van der Waals surface area contributed by atoms with Crippen LogP contribution in [0.2, 0.25) is 0 Å². The standard InChI is InChI=1S/C12H9F3N2O2S/c13-8-2-1-3-11(12(8)15)17-20(18,19)7-4-5-10(16)9(14)6-7/h1-6,17H,16H2. The van der Waals surface area contributed by atoms with E-state index in [1.54, 1.807) is 0 Å². The molecule has 0 aromatic heterocycles. The lowest BCUT2D eigenvalue weighted by Gasteiger charge is -2.09. The number of nitrogen functional groups attached to an aromatic ring is 1. The lowest BCUT2D eigenvalue weighted by atomic mass is 10.3. The summed E-state index contributed by atoms with van der Waals surface area (Å²) < 4.78 is 65.3. The second-order valence-electron chi connectivity index (χ2n) is 3.89. The normalized spacial score (nSPS) is 11.3. The van der Waals surface area contributed by atoms with Gasteiger partial charge in [-0.05, 0) is 30.3 Å². The molecule has 3 N–H and O–H groups in total. The van der Waals surface area contributed by atoms with Crippen molar-refractivity contribution in [1.82, 2.24) is 0 Å². The second kappa shape index (κ2) is 5.04. The van der Waals surface area contributed by atoms with E-state index >= 15 is 0 Å². The summed E-state index contributed by atoms with van der Waals surface area (Å²) in [4.78, 5) is -0.451. The first-order valence-corrected chi connectivity index (χ1v) is 6.81. The molecule has 2 rings (SSSR count). The molecule has 0 heterocycles. The number of nitrogens with one attached hydrogen (secondary N) is 1. The largest absolute Gasteiger partial charge is 0.396 e. The summed E-state index contributed by atoms with van der Waals surface area (Å²) in [5.41, 5.74) is 4.44. The molecule has 0 atom stereocenters. The van der Waals surface area contributed by atoms with Crippen molar-refractivity contribution >= 4 is 21.4 Å². The maximum Gasteiger partial charge on any atom is 0.262 e. The average Bonchev–Trinajstić information content (AvgIpc) is 2.38. The van der Waals surface area contributed by atoms with Crippen molar-refractivity contribution in [3.05, 3.63) is 53.8 Å². The monoisotopic (exact) mass is 302 g/mol. The molecule has 0 aliphatic rings. The maximum atomic E-state index is 13.4. The zero-order chi connectivity index (χ0) is 14.9. The van der Waals surface area contributed by atoms with Gasteiger partial charge in [-0.15, -0.1) is 0 Å². The number of hydrogen-bond acceptors (Lipinski definition) is 3. The Kier molecular flexibility index (Phi) is 3.58. The van der Waals surface area contributed by atoms with Crippen LogP contribution in [0.5, 0.6) is 0 Å². The van der Waals surface area contributed by atoms with Gasteiger partial charge in [0.1, 0.15) is 5.82 Å². The molecule has 0 aliphatic carbocycles. The third-order valence-corrected chi connectivity index (χ3v) is 3.84. The second-order valence-corrected chi connectivity index (χ2v) is 5.57. The van der Waals surface area contributed by atoms with Gasteiger partial charge in [-0.25, -0.2) is 21.6 Å². The number of halogens is 3. The lowest BCUT2D eigenvalue weighted by molar-refractivity contribution is 0.511. The summed E-state index contributed by atoms with van der Waals surface area (Å²) >= 11 is 0. The van der Waals surface area contributed by atoms with Crippen molar-refractivity contribution in [3.63, 3.8) is 0 Å². The average molecular weight is 302 g/mol. The van der Waals surface area contributed by atoms with E-state index in [1.807, 2.05) is 4.72 Å². The lowest BCUT2D eigenvalue weighted by Crippen LogP contribution is -2.14. The Balaban J connectivity index is 2.41. The SMILES string of the molecule is Nc1ccc(S(=O)(=O)Nc2cccc(F)c2F)cc1F. The number of benzene rings is 2. The van der Waals surface area contributed by atoms with Crippen molar-refractivity contribution in [1.29, 1.82) is 0 Å². The van der Waals surface area contributed by atoms with E-state index in [9.17, 15) is 21.6 Å². The molecule has 0 saturated carbocycles. The number of hydrogen-bond donors (Lipinski definition) is 2. The van der Waals surface area contributed by atoms with Crippen LogP contribution in [-0.2, 0) is 10.0 Å². The summed E-state index contributed by atoms with van der Waals surface area (Å²) in [7, 11) is -4.24. The van der Waals surface area contributed by atoms with Gasteiger partial charge in [0.25, 0.3) is 10.0 Å². The zero-order valence-corrected chi connectivity index (χ0v) is 10.7. The molecule has 2 aromatic carbocycles.